The molecule has 1 saturated heterocycles. The van der Waals surface area contributed by atoms with Gasteiger partial charge in [0.2, 0.25) is 0 Å². The van der Waals surface area contributed by atoms with Crippen molar-refractivity contribution < 1.29 is 0 Å². The molecule has 0 unspecified atom stereocenters. The first kappa shape index (κ1) is 17.9. The molecule has 1 aliphatic heterocycles. The lowest BCUT2D eigenvalue weighted by Crippen LogP contribution is -2.61. The van der Waals surface area contributed by atoms with Crippen molar-refractivity contribution in [2.24, 2.45) is 23.7 Å². The van der Waals surface area contributed by atoms with Crippen LogP contribution in [0.2, 0.25) is 0 Å². The second-order valence-electron chi connectivity index (χ2n) is 9.59. The van der Waals surface area contributed by atoms with E-state index < -0.39 is 0 Å². The molecule has 0 atom stereocenters. The summed E-state index contributed by atoms with van der Waals surface area (Å²) >= 11 is 5.69. The molecule has 6 rings (SSSR count). The summed E-state index contributed by atoms with van der Waals surface area (Å²) in [6.45, 7) is 7.52. The van der Waals surface area contributed by atoms with E-state index in [4.69, 9.17) is 12.2 Å². The predicted octanol–water partition coefficient (Wildman–Crippen LogP) is 3.81. The number of hydrogen-bond donors (Lipinski definition) is 1. The van der Waals surface area contributed by atoms with E-state index in [9.17, 15) is 0 Å². The van der Waals surface area contributed by atoms with Gasteiger partial charge >= 0.3 is 0 Å². The molecule has 4 bridgehead atoms. The van der Waals surface area contributed by atoms with Gasteiger partial charge in [0.05, 0.1) is 0 Å². The Hall–Kier alpha value is -1.13. The largest absolute Gasteiger partial charge is 0.358 e. The molecule has 4 saturated carbocycles. The molecular formula is C23H33N3S. The molecule has 3 nitrogen and oxygen atoms in total. The van der Waals surface area contributed by atoms with Crippen molar-refractivity contribution in [3.05, 3.63) is 35.4 Å². The summed E-state index contributed by atoms with van der Waals surface area (Å²) in [5.74, 6) is 4.14. The minimum atomic E-state index is 0.828. The van der Waals surface area contributed by atoms with Crippen molar-refractivity contribution in [2.45, 2.75) is 51.6 Å². The van der Waals surface area contributed by atoms with Gasteiger partial charge in [-0.2, -0.15) is 0 Å². The van der Waals surface area contributed by atoms with E-state index in [0.29, 0.717) is 0 Å². The van der Waals surface area contributed by atoms with Gasteiger partial charge in [0.1, 0.15) is 0 Å². The number of piperazine rings is 1. The Labute approximate surface area is 169 Å². The molecule has 4 aliphatic carbocycles. The summed E-state index contributed by atoms with van der Waals surface area (Å²) in [4.78, 5) is 5.22. The highest BCUT2D eigenvalue weighted by Gasteiger charge is 2.50. The van der Waals surface area contributed by atoms with Gasteiger partial charge < -0.3 is 10.2 Å². The fourth-order valence-corrected chi connectivity index (χ4v) is 6.97. The Morgan fingerprint density at radius 1 is 0.926 bits per heavy atom. The van der Waals surface area contributed by atoms with Crippen LogP contribution in [-0.2, 0) is 6.54 Å². The highest BCUT2D eigenvalue weighted by molar-refractivity contribution is 7.80. The van der Waals surface area contributed by atoms with Gasteiger partial charge in [-0.15, -0.1) is 0 Å². The molecule has 1 heterocycles. The zero-order chi connectivity index (χ0) is 18.4. The van der Waals surface area contributed by atoms with E-state index in [1.165, 1.54) is 49.9 Å². The molecule has 1 aromatic carbocycles. The fourth-order valence-electron chi connectivity index (χ4n) is 6.71. The minimum absolute atomic E-state index is 0.828. The van der Waals surface area contributed by atoms with Crippen LogP contribution in [0.5, 0.6) is 0 Å². The van der Waals surface area contributed by atoms with Crippen molar-refractivity contribution >= 4 is 17.3 Å². The van der Waals surface area contributed by atoms with Crippen LogP contribution in [0.1, 0.15) is 43.2 Å². The first-order chi connectivity index (χ1) is 13.2. The molecule has 5 aliphatic rings. The average Bonchev–Trinajstić information content (AvgIpc) is 2.67. The highest BCUT2D eigenvalue weighted by Crippen LogP contribution is 2.55. The van der Waals surface area contributed by atoms with E-state index >= 15 is 0 Å². The fraction of sp³-hybridized carbons (Fsp3) is 0.696. The molecule has 0 spiro atoms. The van der Waals surface area contributed by atoms with Gasteiger partial charge in [-0.3, -0.25) is 4.90 Å². The molecule has 0 radical (unpaired) electrons. The summed E-state index contributed by atoms with van der Waals surface area (Å²) in [6.07, 6.45) is 7.64. The normalized spacial score (nSPS) is 35.4. The summed E-state index contributed by atoms with van der Waals surface area (Å²) in [5, 5.41) is 4.40. The third-order valence-electron chi connectivity index (χ3n) is 7.76. The third-order valence-corrected chi connectivity index (χ3v) is 8.17. The van der Waals surface area contributed by atoms with Crippen LogP contribution in [0.15, 0.2) is 24.3 Å². The highest BCUT2D eigenvalue weighted by atomic mass is 32.1. The Morgan fingerprint density at radius 2 is 1.52 bits per heavy atom. The van der Waals surface area contributed by atoms with Gasteiger partial charge in [-0.25, -0.2) is 0 Å². The van der Waals surface area contributed by atoms with E-state index in [-0.39, 0.29) is 0 Å². The third kappa shape index (κ3) is 3.63. The molecule has 146 valence electrons. The number of aryl methyl sites for hydroxylation is 1. The molecule has 0 aromatic heterocycles. The van der Waals surface area contributed by atoms with Gasteiger partial charge in [0, 0.05) is 38.8 Å². The number of thiocarbonyl (C=S) groups is 1. The quantitative estimate of drug-likeness (QED) is 0.800. The lowest BCUT2D eigenvalue weighted by atomic mass is 9.54. The smallest absolute Gasteiger partial charge is 0.169 e. The van der Waals surface area contributed by atoms with E-state index in [0.717, 1.165) is 54.5 Å². The van der Waals surface area contributed by atoms with Crippen LogP contribution in [0.25, 0.3) is 0 Å². The minimum Gasteiger partial charge on any atom is -0.358 e. The van der Waals surface area contributed by atoms with Crippen molar-refractivity contribution in [3.8, 4) is 0 Å². The molecule has 4 heteroatoms. The summed E-state index contributed by atoms with van der Waals surface area (Å²) < 4.78 is 0. The predicted molar refractivity (Wildman–Crippen MR) is 115 cm³/mol. The van der Waals surface area contributed by atoms with Gasteiger partial charge in [-0.1, -0.05) is 29.8 Å². The van der Waals surface area contributed by atoms with Crippen LogP contribution >= 0.6 is 12.2 Å². The standard InChI is InChI=1S/C23H33N3S/c1-16-2-4-17(5-3-16)15-24-23(27)26-8-6-25(7-9-26)22-20-11-18-10-19(13-20)14-21(22)12-18/h2-5,18-22H,6-15H2,1H3,(H,24,27). The molecule has 27 heavy (non-hydrogen) atoms. The van der Waals surface area contributed by atoms with Gasteiger partial charge in [0.15, 0.2) is 5.11 Å². The number of rotatable bonds is 3. The Kier molecular flexibility index (Phi) is 4.89. The van der Waals surface area contributed by atoms with E-state index in [1.807, 2.05) is 0 Å². The van der Waals surface area contributed by atoms with Crippen molar-refractivity contribution in [2.75, 3.05) is 26.2 Å². The first-order valence-corrected chi connectivity index (χ1v) is 11.4. The topological polar surface area (TPSA) is 18.5 Å². The van der Waals surface area contributed by atoms with E-state index in [2.05, 4.69) is 46.3 Å². The van der Waals surface area contributed by atoms with Crippen LogP contribution in [0.3, 0.4) is 0 Å². The maximum atomic E-state index is 5.69. The maximum absolute atomic E-state index is 5.69. The summed E-state index contributed by atoms with van der Waals surface area (Å²) in [7, 11) is 0. The van der Waals surface area contributed by atoms with E-state index in [1.54, 1.807) is 6.42 Å². The number of benzene rings is 1. The molecular weight excluding hydrogens is 350 g/mol. The number of nitrogens with one attached hydrogen (secondary N) is 1. The van der Waals surface area contributed by atoms with Crippen LogP contribution in [0.4, 0.5) is 0 Å². The van der Waals surface area contributed by atoms with Gasteiger partial charge in [-0.05, 0) is 80.5 Å². The summed E-state index contributed by atoms with van der Waals surface area (Å²) in [5.41, 5.74) is 2.61. The molecule has 1 aromatic rings. The van der Waals surface area contributed by atoms with Crippen molar-refractivity contribution in [3.63, 3.8) is 0 Å². The van der Waals surface area contributed by atoms with Crippen LogP contribution in [-0.4, -0.2) is 47.1 Å². The molecule has 1 N–H and O–H groups in total. The number of hydrogen-bond acceptors (Lipinski definition) is 2. The number of nitrogens with zero attached hydrogens (tertiary/aromatic N) is 2. The van der Waals surface area contributed by atoms with Crippen LogP contribution < -0.4 is 5.32 Å². The zero-order valence-corrected chi connectivity index (χ0v) is 17.4. The van der Waals surface area contributed by atoms with Crippen molar-refractivity contribution in [1.29, 1.82) is 0 Å². The van der Waals surface area contributed by atoms with Crippen LogP contribution in [0, 0.1) is 30.6 Å². The Morgan fingerprint density at radius 3 is 2.11 bits per heavy atom. The Balaban J connectivity index is 1.12. The van der Waals surface area contributed by atoms with Crippen molar-refractivity contribution in [1.82, 2.24) is 15.1 Å². The monoisotopic (exact) mass is 383 g/mol. The van der Waals surface area contributed by atoms with Gasteiger partial charge in [0.25, 0.3) is 0 Å². The average molecular weight is 384 g/mol. The Bertz CT molecular complexity index is 649. The molecule has 0 amide bonds. The summed E-state index contributed by atoms with van der Waals surface area (Å²) in [6, 6.07) is 9.60. The molecule has 5 fully saturated rings. The maximum Gasteiger partial charge on any atom is 0.169 e. The second-order valence-corrected chi connectivity index (χ2v) is 9.98. The SMILES string of the molecule is Cc1ccc(CNC(=S)N2CCN(C3C4CC5CC(C4)CC3C5)CC2)cc1. The second kappa shape index (κ2) is 7.36. The lowest BCUT2D eigenvalue weighted by molar-refractivity contribution is -0.0727. The first-order valence-electron chi connectivity index (χ1n) is 11.0. The lowest BCUT2D eigenvalue weighted by Gasteiger charge is -2.58. The zero-order valence-electron chi connectivity index (χ0n) is 16.6.